The van der Waals surface area contributed by atoms with Gasteiger partial charge in [0.15, 0.2) is 0 Å². The van der Waals surface area contributed by atoms with Crippen molar-refractivity contribution < 1.29 is 9.53 Å². The second-order valence-electron chi connectivity index (χ2n) is 8.61. The number of fused-ring (bicyclic) bond motifs is 1. The number of nitrogens with two attached hydrogens (primary N) is 1. The van der Waals surface area contributed by atoms with Crippen molar-refractivity contribution in [2.24, 2.45) is 5.73 Å². The number of likely N-dealkylation sites (tertiary alicyclic amines) is 2. The lowest BCUT2D eigenvalue weighted by Gasteiger charge is -2.39. The molecule has 0 radical (unpaired) electrons. The second kappa shape index (κ2) is 9.18. The minimum atomic E-state index is -0.315. The summed E-state index contributed by atoms with van der Waals surface area (Å²) in [7, 11) is 1.69. The van der Waals surface area contributed by atoms with Gasteiger partial charge in [-0.2, -0.15) is 0 Å². The summed E-state index contributed by atoms with van der Waals surface area (Å²) in [6.45, 7) is 5.95. The molecule has 158 valence electrons. The van der Waals surface area contributed by atoms with Crippen LogP contribution in [0.4, 0.5) is 0 Å². The Morgan fingerprint density at radius 1 is 1.14 bits per heavy atom. The Bertz CT molecular complexity index is 841. The van der Waals surface area contributed by atoms with Crippen LogP contribution in [0.3, 0.4) is 0 Å². The van der Waals surface area contributed by atoms with E-state index in [1.165, 1.54) is 63.7 Å². The molecule has 1 aromatic carbocycles. The third-order valence-electron chi connectivity index (χ3n) is 6.54. The number of carbonyl (C=O) groups is 1. The quantitative estimate of drug-likeness (QED) is 0.779. The van der Waals surface area contributed by atoms with Crippen LogP contribution in [0.5, 0.6) is 5.75 Å². The summed E-state index contributed by atoms with van der Waals surface area (Å²) in [6.07, 6.45) is 10.0. The maximum Gasteiger partial charge on any atom is 0.237 e. The molecule has 6 nitrogen and oxygen atoms in total. The number of primary amides is 1. The van der Waals surface area contributed by atoms with Crippen LogP contribution in [0.1, 0.15) is 44.1 Å². The first-order chi connectivity index (χ1) is 14.1. The van der Waals surface area contributed by atoms with E-state index in [1.807, 2.05) is 16.7 Å². The average Bonchev–Trinajstić information content (AvgIpc) is 3.06. The van der Waals surface area contributed by atoms with Gasteiger partial charge >= 0.3 is 0 Å². The number of piperidine rings is 2. The molecule has 1 amide bonds. The zero-order valence-corrected chi connectivity index (χ0v) is 17.6. The molecule has 6 heteroatoms. The third kappa shape index (κ3) is 4.75. The highest BCUT2D eigenvalue weighted by molar-refractivity contribution is 5.87. The van der Waals surface area contributed by atoms with Crippen molar-refractivity contribution in [3.05, 3.63) is 30.0 Å². The summed E-state index contributed by atoms with van der Waals surface area (Å²) in [5.74, 6) is 0.532. The van der Waals surface area contributed by atoms with E-state index < -0.39 is 0 Å². The number of ether oxygens (including phenoxy) is 1. The average molecular weight is 399 g/mol. The Labute approximate surface area is 173 Å². The first-order valence-electron chi connectivity index (χ1n) is 11.0. The summed E-state index contributed by atoms with van der Waals surface area (Å²) in [5, 5.41) is 1.16. The number of carbonyl (C=O) groups excluding carboxylic acids is 1. The number of nitrogens with zero attached hydrogens (tertiary/aromatic N) is 3. The standard InChI is InChI=1S/C23H34N4O2/c1-29-20-8-9-22-21(13-20)18(15-27(22)17-23(24)28)14-26-12-6-3-7-19(26)16-25-10-4-2-5-11-25/h8-9,13,15,19H,2-7,10-12,14,16-17H2,1H3,(H2,24,28)/t19-/m1/s1. The molecule has 0 unspecified atom stereocenters. The molecular weight excluding hydrogens is 364 g/mol. The molecule has 29 heavy (non-hydrogen) atoms. The van der Waals surface area contributed by atoms with Crippen LogP contribution >= 0.6 is 0 Å². The predicted octanol–water partition coefficient (Wildman–Crippen LogP) is 2.98. The molecule has 2 aliphatic rings. The molecule has 3 heterocycles. The van der Waals surface area contributed by atoms with Gasteiger partial charge in [0.05, 0.1) is 7.11 Å². The van der Waals surface area contributed by atoms with Gasteiger partial charge in [-0.25, -0.2) is 0 Å². The number of amides is 1. The fourth-order valence-electron chi connectivity index (χ4n) is 5.04. The van der Waals surface area contributed by atoms with Gasteiger partial charge in [-0.1, -0.05) is 12.8 Å². The lowest BCUT2D eigenvalue weighted by Crippen LogP contribution is -2.47. The lowest BCUT2D eigenvalue weighted by atomic mass is 9.99. The van der Waals surface area contributed by atoms with Crippen LogP contribution in [0.2, 0.25) is 0 Å². The summed E-state index contributed by atoms with van der Waals surface area (Å²) in [6, 6.07) is 6.68. The SMILES string of the molecule is COc1ccc2c(c1)c(CN1CCCC[C@@H]1CN1CCCCC1)cn2CC(N)=O. The largest absolute Gasteiger partial charge is 0.497 e. The molecule has 2 N–H and O–H groups in total. The number of hydrogen-bond donors (Lipinski definition) is 1. The number of methoxy groups -OCH3 is 1. The smallest absolute Gasteiger partial charge is 0.237 e. The molecular formula is C23H34N4O2. The molecule has 0 saturated carbocycles. The molecule has 0 bridgehead atoms. The lowest BCUT2D eigenvalue weighted by molar-refractivity contribution is -0.118. The van der Waals surface area contributed by atoms with Crippen molar-refractivity contribution in [1.82, 2.24) is 14.4 Å². The second-order valence-corrected chi connectivity index (χ2v) is 8.61. The van der Waals surface area contributed by atoms with E-state index in [1.54, 1.807) is 7.11 Å². The third-order valence-corrected chi connectivity index (χ3v) is 6.54. The molecule has 1 atom stereocenters. The number of hydrogen-bond acceptors (Lipinski definition) is 4. The summed E-state index contributed by atoms with van der Waals surface area (Å²) < 4.78 is 7.44. The van der Waals surface area contributed by atoms with E-state index in [2.05, 4.69) is 22.1 Å². The maximum absolute atomic E-state index is 11.6. The van der Waals surface area contributed by atoms with Gasteiger partial charge < -0.3 is 19.9 Å². The first-order valence-corrected chi connectivity index (χ1v) is 11.0. The molecule has 1 aromatic heterocycles. The zero-order chi connectivity index (χ0) is 20.2. The molecule has 2 fully saturated rings. The van der Waals surface area contributed by atoms with Gasteiger partial charge in [0.1, 0.15) is 12.3 Å². The summed E-state index contributed by atoms with van der Waals surface area (Å²) >= 11 is 0. The van der Waals surface area contributed by atoms with Crippen molar-refractivity contribution in [2.75, 3.05) is 33.3 Å². The van der Waals surface area contributed by atoms with Gasteiger partial charge in [0.2, 0.25) is 5.91 Å². The first kappa shape index (κ1) is 20.2. The Kier molecular flexibility index (Phi) is 6.40. The molecule has 2 aromatic rings. The van der Waals surface area contributed by atoms with Crippen LogP contribution in [-0.2, 0) is 17.9 Å². The minimum Gasteiger partial charge on any atom is -0.497 e. The predicted molar refractivity (Wildman–Crippen MR) is 116 cm³/mol. The fourth-order valence-corrected chi connectivity index (χ4v) is 5.04. The van der Waals surface area contributed by atoms with E-state index in [0.717, 1.165) is 29.7 Å². The molecule has 2 saturated heterocycles. The van der Waals surface area contributed by atoms with Gasteiger partial charge in [0.25, 0.3) is 0 Å². The normalized spacial score (nSPS) is 21.5. The Hall–Kier alpha value is -2.05. The van der Waals surface area contributed by atoms with Crippen molar-refractivity contribution in [1.29, 1.82) is 0 Å². The highest BCUT2D eigenvalue weighted by atomic mass is 16.5. The van der Waals surface area contributed by atoms with Crippen molar-refractivity contribution >= 4 is 16.8 Å². The topological polar surface area (TPSA) is 63.7 Å². The van der Waals surface area contributed by atoms with Crippen molar-refractivity contribution in [3.8, 4) is 5.75 Å². The molecule has 2 aliphatic heterocycles. The summed E-state index contributed by atoms with van der Waals surface area (Å²) in [4.78, 5) is 16.9. The van der Waals surface area contributed by atoms with Crippen LogP contribution in [0.25, 0.3) is 10.9 Å². The highest BCUT2D eigenvalue weighted by Crippen LogP contribution is 2.29. The Balaban J connectivity index is 1.58. The Morgan fingerprint density at radius 2 is 1.93 bits per heavy atom. The van der Waals surface area contributed by atoms with Crippen LogP contribution < -0.4 is 10.5 Å². The number of rotatable bonds is 7. The van der Waals surface area contributed by atoms with Gasteiger partial charge in [-0.3, -0.25) is 9.69 Å². The maximum atomic E-state index is 11.6. The molecule has 0 aliphatic carbocycles. The van der Waals surface area contributed by atoms with Crippen LogP contribution in [0.15, 0.2) is 24.4 Å². The van der Waals surface area contributed by atoms with Crippen LogP contribution in [-0.4, -0.2) is 59.6 Å². The monoisotopic (exact) mass is 398 g/mol. The molecule has 4 rings (SSSR count). The van der Waals surface area contributed by atoms with E-state index in [-0.39, 0.29) is 12.5 Å². The number of aromatic nitrogens is 1. The minimum absolute atomic E-state index is 0.208. The van der Waals surface area contributed by atoms with Gasteiger partial charge in [-0.05, 0) is 69.1 Å². The summed E-state index contributed by atoms with van der Waals surface area (Å²) in [5.41, 5.74) is 7.79. The van der Waals surface area contributed by atoms with E-state index in [0.29, 0.717) is 6.04 Å². The van der Waals surface area contributed by atoms with Crippen molar-refractivity contribution in [3.63, 3.8) is 0 Å². The van der Waals surface area contributed by atoms with Gasteiger partial charge in [-0.15, -0.1) is 0 Å². The fraction of sp³-hybridized carbons (Fsp3) is 0.609. The van der Waals surface area contributed by atoms with Gasteiger partial charge in [0, 0.05) is 36.2 Å². The Morgan fingerprint density at radius 3 is 2.69 bits per heavy atom. The van der Waals surface area contributed by atoms with Crippen LogP contribution in [0, 0.1) is 0 Å². The van der Waals surface area contributed by atoms with E-state index in [9.17, 15) is 4.79 Å². The zero-order valence-electron chi connectivity index (χ0n) is 17.6. The van der Waals surface area contributed by atoms with E-state index >= 15 is 0 Å². The highest BCUT2D eigenvalue weighted by Gasteiger charge is 2.26. The van der Waals surface area contributed by atoms with Crippen molar-refractivity contribution in [2.45, 2.75) is 57.7 Å². The number of benzene rings is 1. The van der Waals surface area contributed by atoms with E-state index in [4.69, 9.17) is 10.5 Å². The molecule has 0 spiro atoms.